The van der Waals surface area contributed by atoms with Gasteiger partial charge in [-0.1, -0.05) is 36.5 Å². The summed E-state index contributed by atoms with van der Waals surface area (Å²) in [5.74, 6) is -0.494. The lowest BCUT2D eigenvalue weighted by Gasteiger charge is -2.28. The van der Waals surface area contributed by atoms with Gasteiger partial charge in [0, 0.05) is 0 Å². The van der Waals surface area contributed by atoms with Crippen LogP contribution in [0.1, 0.15) is 72.1 Å². The van der Waals surface area contributed by atoms with Gasteiger partial charge in [0.05, 0.1) is 24.4 Å². The van der Waals surface area contributed by atoms with Gasteiger partial charge in [0.25, 0.3) is 0 Å². The highest BCUT2D eigenvalue weighted by molar-refractivity contribution is 5.86. The molecule has 0 saturated carbocycles. The van der Waals surface area contributed by atoms with E-state index in [2.05, 4.69) is 46.1 Å². The molecule has 1 rings (SSSR count). The molecule has 0 radical (unpaired) electrons. The quantitative estimate of drug-likeness (QED) is 0.336. The molecule has 28 heavy (non-hydrogen) atoms. The van der Waals surface area contributed by atoms with E-state index in [0.29, 0.717) is 12.5 Å². The van der Waals surface area contributed by atoms with Crippen LogP contribution in [0.15, 0.2) is 47.6 Å². The fourth-order valence-corrected chi connectivity index (χ4v) is 3.40. The van der Waals surface area contributed by atoms with Crippen molar-refractivity contribution in [1.82, 2.24) is 0 Å². The fraction of sp³-hybridized carbons (Fsp3) is 0.625. The van der Waals surface area contributed by atoms with Crippen LogP contribution in [0, 0.1) is 5.92 Å². The summed E-state index contributed by atoms with van der Waals surface area (Å²) in [6.07, 6.45) is 10.8. The number of ether oxygens (including phenoxy) is 1. The zero-order valence-electron chi connectivity index (χ0n) is 17.9. The maximum atomic E-state index is 10.9. The average molecular weight is 391 g/mol. The van der Waals surface area contributed by atoms with Crippen LogP contribution in [0.2, 0.25) is 0 Å². The molecule has 0 aromatic rings. The second-order valence-corrected chi connectivity index (χ2v) is 8.26. The molecule has 1 aliphatic heterocycles. The summed E-state index contributed by atoms with van der Waals surface area (Å²) in [6.45, 7) is 14.5. The van der Waals surface area contributed by atoms with E-state index in [4.69, 9.17) is 9.84 Å². The molecule has 4 nitrogen and oxygen atoms in total. The average Bonchev–Trinajstić information content (AvgIpc) is 2.65. The van der Waals surface area contributed by atoms with E-state index < -0.39 is 12.1 Å². The standard InChI is InChI=1S/C24H38O4/c1-17(2)8-6-10-19(4)22(25)14-12-18(3)9-7-11-21-13-15-23(28-16-21)20(5)24(26)27/h8-9,21-23,25H,4-7,10-16H2,1-3H3,(H,26,27)/b18-9+/t21-,22?,23+/m0/s1. The SMILES string of the molecule is C=C(CCC=C(C)C)C(O)CC/C(C)=C/CC[C@H]1CC[C@H](C(=C)C(=O)O)OC1. The topological polar surface area (TPSA) is 66.8 Å². The molecule has 4 heteroatoms. The molecule has 2 N–H and O–H groups in total. The van der Waals surface area contributed by atoms with Gasteiger partial charge in [-0.2, -0.15) is 0 Å². The summed E-state index contributed by atoms with van der Waals surface area (Å²) in [4.78, 5) is 10.9. The van der Waals surface area contributed by atoms with Gasteiger partial charge in [0.15, 0.2) is 0 Å². The van der Waals surface area contributed by atoms with Crippen LogP contribution in [0.25, 0.3) is 0 Å². The van der Waals surface area contributed by atoms with Crippen LogP contribution < -0.4 is 0 Å². The van der Waals surface area contributed by atoms with Crippen LogP contribution >= 0.6 is 0 Å². The second-order valence-electron chi connectivity index (χ2n) is 8.26. The van der Waals surface area contributed by atoms with Gasteiger partial charge in [-0.25, -0.2) is 4.79 Å². The van der Waals surface area contributed by atoms with E-state index in [-0.39, 0.29) is 11.7 Å². The van der Waals surface area contributed by atoms with Crippen molar-refractivity contribution < 1.29 is 19.7 Å². The smallest absolute Gasteiger partial charge is 0.333 e. The zero-order valence-corrected chi connectivity index (χ0v) is 17.9. The number of rotatable bonds is 12. The number of allylic oxidation sites excluding steroid dienone is 4. The van der Waals surface area contributed by atoms with Crippen LogP contribution in [0.4, 0.5) is 0 Å². The van der Waals surface area contributed by atoms with Gasteiger partial charge < -0.3 is 14.9 Å². The molecule has 0 aliphatic carbocycles. The number of carboxylic acids is 1. The number of carbonyl (C=O) groups is 1. The lowest BCUT2D eigenvalue weighted by atomic mass is 9.91. The Balaban J connectivity index is 2.23. The first kappa shape index (κ1) is 24.4. The molecule has 158 valence electrons. The van der Waals surface area contributed by atoms with Gasteiger partial charge >= 0.3 is 5.97 Å². The second kappa shape index (κ2) is 12.7. The van der Waals surface area contributed by atoms with Crippen LogP contribution in [-0.4, -0.2) is 35.0 Å². The number of aliphatic hydroxyl groups is 1. The van der Waals surface area contributed by atoms with E-state index in [9.17, 15) is 9.90 Å². The molecule has 0 aromatic heterocycles. The molecule has 3 atom stereocenters. The number of hydrogen-bond donors (Lipinski definition) is 2. The number of carboxylic acid groups (broad SMARTS) is 1. The van der Waals surface area contributed by atoms with Crippen LogP contribution in [0.5, 0.6) is 0 Å². The minimum Gasteiger partial charge on any atom is -0.478 e. The molecule has 0 spiro atoms. The van der Waals surface area contributed by atoms with Crippen molar-refractivity contribution in [2.24, 2.45) is 5.92 Å². The van der Waals surface area contributed by atoms with E-state index >= 15 is 0 Å². The van der Waals surface area contributed by atoms with Crippen molar-refractivity contribution in [1.29, 1.82) is 0 Å². The van der Waals surface area contributed by atoms with Crippen molar-refractivity contribution >= 4 is 5.97 Å². The summed E-state index contributed by atoms with van der Waals surface area (Å²) >= 11 is 0. The lowest BCUT2D eigenvalue weighted by Crippen LogP contribution is -2.29. The molecule has 1 unspecified atom stereocenters. The highest BCUT2D eigenvalue weighted by Crippen LogP contribution is 2.26. The van der Waals surface area contributed by atoms with Crippen LogP contribution in [0.3, 0.4) is 0 Å². The Labute approximate surface area is 170 Å². The first-order valence-electron chi connectivity index (χ1n) is 10.4. The fourth-order valence-electron chi connectivity index (χ4n) is 3.40. The Bertz CT molecular complexity index is 588. The van der Waals surface area contributed by atoms with Crippen molar-refractivity contribution in [3.05, 3.63) is 47.6 Å². The Hall–Kier alpha value is -1.65. The molecule has 0 amide bonds. The van der Waals surface area contributed by atoms with Crippen LogP contribution in [-0.2, 0) is 9.53 Å². The first-order chi connectivity index (χ1) is 13.2. The van der Waals surface area contributed by atoms with E-state index in [1.807, 2.05) is 0 Å². The minimum absolute atomic E-state index is 0.162. The molecule has 0 aromatic carbocycles. The summed E-state index contributed by atoms with van der Waals surface area (Å²) < 4.78 is 5.68. The largest absolute Gasteiger partial charge is 0.478 e. The minimum atomic E-state index is -0.969. The maximum Gasteiger partial charge on any atom is 0.333 e. The number of aliphatic hydroxyl groups excluding tert-OH is 1. The summed E-state index contributed by atoms with van der Waals surface area (Å²) in [5, 5.41) is 19.2. The van der Waals surface area contributed by atoms with E-state index in [0.717, 1.165) is 56.9 Å². The number of hydrogen-bond acceptors (Lipinski definition) is 3. The van der Waals surface area contributed by atoms with Gasteiger partial charge in [-0.05, 0) is 83.6 Å². The molecule has 1 aliphatic rings. The number of aliphatic carboxylic acids is 1. The third-order valence-electron chi connectivity index (χ3n) is 5.40. The predicted octanol–water partition coefficient (Wildman–Crippen LogP) is 5.59. The molecule has 1 fully saturated rings. The Kier molecular flexibility index (Phi) is 11.1. The molecule has 0 bridgehead atoms. The van der Waals surface area contributed by atoms with Gasteiger partial charge in [0.1, 0.15) is 0 Å². The van der Waals surface area contributed by atoms with E-state index in [1.165, 1.54) is 11.1 Å². The summed E-state index contributed by atoms with van der Waals surface area (Å²) in [5.41, 5.74) is 3.68. The molecular weight excluding hydrogens is 352 g/mol. The summed E-state index contributed by atoms with van der Waals surface area (Å²) in [6, 6.07) is 0. The van der Waals surface area contributed by atoms with Gasteiger partial charge in [-0.3, -0.25) is 0 Å². The Morgan fingerprint density at radius 1 is 1.14 bits per heavy atom. The van der Waals surface area contributed by atoms with Crippen molar-refractivity contribution in [2.75, 3.05) is 6.61 Å². The third-order valence-corrected chi connectivity index (χ3v) is 5.40. The summed E-state index contributed by atoms with van der Waals surface area (Å²) in [7, 11) is 0. The Morgan fingerprint density at radius 2 is 1.86 bits per heavy atom. The highest BCUT2D eigenvalue weighted by Gasteiger charge is 2.26. The predicted molar refractivity (Wildman–Crippen MR) is 115 cm³/mol. The first-order valence-corrected chi connectivity index (χ1v) is 10.4. The normalized spacial score (nSPS) is 21.1. The monoisotopic (exact) mass is 390 g/mol. The third kappa shape index (κ3) is 9.52. The Morgan fingerprint density at radius 3 is 2.43 bits per heavy atom. The molecular formula is C24H38O4. The maximum absolute atomic E-state index is 10.9. The van der Waals surface area contributed by atoms with Crippen molar-refractivity contribution in [3.63, 3.8) is 0 Å². The highest BCUT2D eigenvalue weighted by atomic mass is 16.5. The van der Waals surface area contributed by atoms with Gasteiger partial charge in [-0.15, -0.1) is 0 Å². The van der Waals surface area contributed by atoms with Gasteiger partial charge in [0.2, 0.25) is 0 Å². The molecule has 1 heterocycles. The van der Waals surface area contributed by atoms with Crippen molar-refractivity contribution in [2.45, 2.75) is 84.3 Å². The molecule has 1 saturated heterocycles. The van der Waals surface area contributed by atoms with Crippen molar-refractivity contribution in [3.8, 4) is 0 Å². The van der Waals surface area contributed by atoms with E-state index in [1.54, 1.807) is 0 Å². The lowest BCUT2D eigenvalue weighted by molar-refractivity contribution is -0.134. The zero-order chi connectivity index (χ0) is 21.1.